The summed E-state index contributed by atoms with van der Waals surface area (Å²) in [6.45, 7) is 9.46. The third-order valence-corrected chi connectivity index (χ3v) is 9.27. The summed E-state index contributed by atoms with van der Waals surface area (Å²) in [5.74, 6) is -0.142. The molecule has 220 valence electrons. The summed E-state index contributed by atoms with van der Waals surface area (Å²) in [5, 5.41) is 13.0. The van der Waals surface area contributed by atoms with Gasteiger partial charge < -0.3 is 10.0 Å². The van der Waals surface area contributed by atoms with Crippen LogP contribution < -0.4 is 5.56 Å². The summed E-state index contributed by atoms with van der Waals surface area (Å²) in [7, 11) is 0. The Labute approximate surface area is 256 Å². The van der Waals surface area contributed by atoms with E-state index in [1.54, 1.807) is 6.07 Å². The number of aliphatic hydroxyl groups is 1. The van der Waals surface area contributed by atoms with Gasteiger partial charge in [0.2, 0.25) is 0 Å². The van der Waals surface area contributed by atoms with Crippen molar-refractivity contribution in [1.29, 1.82) is 0 Å². The fourth-order valence-corrected chi connectivity index (χ4v) is 6.93. The number of nitrogens with zero attached hydrogens (tertiary/aromatic N) is 3. The maximum Gasteiger partial charge on any atom is 0.265 e. The number of thiazole rings is 1. The van der Waals surface area contributed by atoms with Crippen molar-refractivity contribution >= 4 is 28.8 Å². The molecule has 1 saturated heterocycles. The maximum atomic E-state index is 14.6. The first-order valence-corrected chi connectivity index (χ1v) is 16.1. The number of aryl methyl sites for hydroxylation is 2. The number of pyridine rings is 1. The molecule has 2 aromatic carbocycles. The van der Waals surface area contributed by atoms with Gasteiger partial charge in [0.15, 0.2) is 0 Å². The number of hydrogen-bond acceptors (Lipinski definition) is 5. The molecule has 0 bridgehead atoms. The molecular weight excluding hydrogens is 566 g/mol. The lowest BCUT2D eigenvalue weighted by Gasteiger charge is -2.33. The van der Waals surface area contributed by atoms with Crippen molar-refractivity contribution in [3.8, 4) is 27.5 Å². The number of rotatable bonds is 8. The summed E-state index contributed by atoms with van der Waals surface area (Å²) < 4.78 is 1.81. The van der Waals surface area contributed by atoms with Crippen molar-refractivity contribution in [2.75, 3.05) is 19.7 Å². The molecule has 2 aromatic heterocycles. The molecule has 4 aromatic rings. The highest BCUT2D eigenvalue weighted by Gasteiger charge is 2.31. The molecule has 5 rings (SSSR count). The van der Waals surface area contributed by atoms with E-state index in [0.29, 0.717) is 39.9 Å². The van der Waals surface area contributed by atoms with Crippen LogP contribution in [0.3, 0.4) is 0 Å². The van der Waals surface area contributed by atoms with Crippen molar-refractivity contribution < 1.29 is 9.90 Å². The van der Waals surface area contributed by atoms with Crippen molar-refractivity contribution in [3.05, 3.63) is 91.7 Å². The van der Waals surface area contributed by atoms with E-state index < -0.39 is 0 Å². The number of hydrogen-bond donors (Lipinski definition) is 1. The summed E-state index contributed by atoms with van der Waals surface area (Å²) in [6, 6.07) is 15.4. The first-order valence-electron chi connectivity index (χ1n) is 14.8. The monoisotopic (exact) mass is 603 g/mol. The molecule has 1 N–H and O–H groups in total. The highest BCUT2D eigenvalue weighted by atomic mass is 35.5. The van der Waals surface area contributed by atoms with Gasteiger partial charge in [-0.05, 0) is 66.8 Å². The molecule has 0 radical (unpaired) electrons. The van der Waals surface area contributed by atoms with Gasteiger partial charge in [0.25, 0.3) is 11.5 Å². The Kier molecular flexibility index (Phi) is 9.31. The minimum atomic E-state index is -0.172. The minimum absolute atomic E-state index is 0.0574. The number of carbonyl (C=O) groups is 1. The summed E-state index contributed by atoms with van der Waals surface area (Å²) in [5.41, 5.74) is 6.13. The number of piperidine rings is 1. The van der Waals surface area contributed by atoms with E-state index in [1.807, 2.05) is 59.0 Å². The lowest BCUT2D eigenvalue weighted by atomic mass is 9.94. The molecule has 0 saturated carbocycles. The molecule has 1 aliphatic heterocycles. The summed E-state index contributed by atoms with van der Waals surface area (Å²) >= 11 is 7.50. The number of likely N-dealkylation sites (tertiary alicyclic amines) is 1. The van der Waals surface area contributed by atoms with Gasteiger partial charge in [-0.25, -0.2) is 4.98 Å². The van der Waals surface area contributed by atoms with E-state index in [2.05, 4.69) is 26.0 Å². The smallest absolute Gasteiger partial charge is 0.265 e. The number of para-hydroxylation sites is 1. The highest BCUT2D eigenvalue weighted by Crippen LogP contribution is 2.34. The predicted octanol–water partition coefficient (Wildman–Crippen LogP) is 7.37. The molecule has 0 aliphatic carbocycles. The van der Waals surface area contributed by atoms with Crippen molar-refractivity contribution in [3.63, 3.8) is 0 Å². The number of benzene rings is 2. The molecular formula is C34H38ClN3O3S. The molecule has 1 unspecified atom stereocenters. The second-order valence-corrected chi connectivity index (χ2v) is 12.6. The van der Waals surface area contributed by atoms with Gasteiger partial charge >= 0.3 is 0 Å². The van der Waals surface area contributed by atoms with Gasteiger partial charge in [-0.2, -0.15) is 0 Å². The zero-order valence-electron chi connectivity index (χ0n) is 24.7. The van der Waals surface area contributed by atoms with Crippen LogP contribution in [-0.4, -0.2) is 45.2 Å². The number of aromatic nitrogens is 2. The standard InChI is InChI=1S/C34H38ClN3O3S/c1-5-23-10-7-11-24(6-2)31(23)38-30(21(3)4)27(33(40)37-16-8-9-22(18-37)19-39)17-28(34(38)41)32-36-29(20-42-32)25-12-14-26(35)15-13-25/h7,10-15,17,20-22,39H,5-6,8-9,16,18-19H2,1-4H3. The van der Waals surface area contributed by atoms with E-state index in [1.165, 1.54) is 11.3 Å². The van der Waals surface area contributed by atoms with Crippen LogP contribution in [0.4, 0.5) is 0 Å². The van der Waals surface area contributed by atoms with Crippen molar-refractivity contribution in [1.82, 2.24) is 14.5 Å². The van der Waals surface area contributed by atoms with E-state index >= 15 is 0 Å². The summed E-state index contributed by atoms with van der Waals surface area (Å²) in [6.07, 6.45) is 3.25. The third-order valence-electron chi connectivity index (χ3n) is 8.14. The Bertz CT molecular complexity index is 1620. The van der Waals surface area contributed by atoms with Crippen LogP contribution in [-0.2, 0) is 12.8 Å². The van der Waals surface area contributed by atoms with E-state index in [0.717, 1.165) is 53.8 Å². The Morgan fingerprint density at radius 2 is 1.81 bits per heavy atom. The molecule has 1 fully saturated rings. The van der Waals surface area contributed by atoms with Crippen LogP contribution >= 0.6 is 22.9 Å². The van der Waals surface area contributed by atoms with E-state index in [9.17, 15) is 14.7 Å². The number of amides is 1. The Morgan fingerprint density at radius 3 is 2.43 bits per heavy atom. The Morgan fingerprint density at radius 1 is 1.12 bits per heavy atom. The second-order valence-electron chi connectivity index (χ2n) is 11.3. The fourth-order valence-electron chi connectivity index (χ4n) is 5.97. The quantitative estimate of drug-likeness (QED) is 0.228. The Hall–Kier alpha value is -3.26. The van der Waals surface area contributed by atoms with Gasteiger partial charge in [0.1, 0.15) is 5.01 Å². The van der Waals surface area contributed by atoms with Gasteiger partial charge in [-0.15, -0.1) is 11.3 Å². The van der Waals surface area contributed by atoms with Crippen LogP contribution in [0.1, 0.15) is 73.6 Å². The van der Waals surface area contributed by atoms with Crippen LogP contribution in [0.15, 0.2) is 58.7 Å². The van der Waals surface area contributed by atoms with Crippen LogP contribution in [0.5, 0.6) is 0 Å². The molecule has 8 heteroatoms. The average molecular weight is 604 g/mol. The van der Waals surface area contributed by atoms with Crippen molar-refractivity contribution in [2.45, 2.75) is 59.3 Å². The molecule has 6 nitrogen and oxygen atoms in total. The number of aliphatic hydroxyl groups excluding tert-OH is 1. The molecule has 1 aliphatic rings. The van der Waals surface area contributed by atoms with E-state index in [4.69, 9.17) is 16.6 Å². The maximum absolute atomic E-state index is 14.6. The van der Waals surface area contributed by atoms with Gasteiger partial charge in [0, 0.05) is 41.4 Å². The second kappa shape index (κ2) is 12.9. The third kappa shape index (κ3) is 5.83. The fraction of sp³-hybridized carbons (Fsp3) is 0.382. The number of halogens is 1. The lowest BCUT2D eigenvalue weighted by Crippen LogP contribution is -2.42. The molecule has 3 heterocycles. The average Bonchev–Trinajstić information content (AvgIpc) is 3.50. The molecule has 0 spiro atoms. The topological polar surface area (TPSA) is 75.4 Å². The number of carbonyl (C=O) groups excluding carboxylic acids is 1. The van der Waals surface area contributed by atoms with Gasteiger partial charge in [-0.3, -0.25) is 14.2 Å². The first kappa shape index (κ1) is 30.2. The van der Waals surface area contributed by atoms with Crippen LogP contribution in [0.25, 0.3) is 27.5 Å². The van der Waals surface area contributed by atoms with Crippen LogP contribution in [0.2, 0.25) is 5.02 Å². The molecule has 1 amide bonds. The minimum Gasteiger partial charge on any atom is -0.396 e. The summed E-state index contributed by atoms with van der Waals surface area (Å²) in [4.78, 5) is 35.7. The van der Waals surface area contributed by atoms with Gasteiger partial charge in [0.05, 0.1) is 22.5 Å². The lowest BCUT2D eigenvalue weighted by molar-refractivity contribution is 0.0618. The normalized spacial score (nSPS) is 15.4. The Balaban J connectivity index is 1.78. The van der Waals surface area contributed by atoms with Gasteiger partial charge in [-0.1, -0.05) is 69.6 Å². The van der Waals surface area contributed by atoms with Crippen LogP contribution in [0, 0.1) is 5.92 Å². The van der Waals surface area contributed by atoms with E-state index in [-0.39, 0.29) is 29.9 Å². The predicted molar refractivity (Wildman–Crippen MR) is 172 cm³/mol. The molecule has 42 heavy (non-hydrogen) atoms. The zero-order valence-corrected chi connectivity index (χ0v) is 26.3. The molecule has 1 atom stereocenters. The highest BCUT2D eigenvalue weighted by molar-refractivity contribution is 7.13. The first-order chi connectivity index (χ1) is 20.3. The largest absolute Gasteiger partial charge is 0.396 e. The van der Waals surface area contributed by atoms with Crippen molar-refractivity contribution in [2.24, 2.45) is 5.92 Å². The SMILES string of the molecule is CCc1cccc(CC)c1-n1c(C(C)C)c(C(=O)N2CCCC(CO)C2)cc(-c2nc(-c3ccc(Cl)cc3)cs2)c1=O. The zero-order chi connectivity index (χ0) is 30.0.